The molecule has 42 heavy (non-hydrogen) atoms. The fourth-order valence-electron chi connectivity index (χ4n) is 5.61. The summed E-state index contributed by atoms with van der Waals surface area (Å²) in [6.45, 7) is 5.38. The van der Waals surface area contributed by atoms with Gasteiger partial charge in [-0.15, -0.1) is 0 Å². The van der Waals surface area contributed by atoms with Gasteiger partial charge in [0, 0.05) is 38.3 Å². The fourth-order valence-corrected chi connectivity index (χ4v) is 7.79. The zero-order valence-corrected chi connectivity index (χ0v) is 25.5. The lowest BCUT2D eigenvalue weighted by Crippen LogP contribution is -2.47. The van der Waals surface area contributed by atoms with E-state index < -0.39 is 31.8 Å². The molecule has 2 saturated heterocycles. The lowest BCUT2D eigenvalue weighted by molar-refractivity contribution is -0.0312. The van der Waals surface area contributed by atoms with Crippen LogP contribution >= 0.6 is 0 Å². The van der Waals surface area contributed by atoms with Crippen LogP contribution in [0.5, 0.6) is 11.6 Å². The van der Waals surface area contributed by atoms with Gasteiger partial charge in [-0.05, 0) is 51.4 Å². The van der Waals surface area contributed by atoms with Crippen molar-refractivity contribution in [3.8, 4) is 11.6 Å². The van der Waals surface area contributed by atoms with E-state index in [0.717, 1.165) is 6.54 Å². The van der Waals surface area contributed by atoms with Crippen molar-refractivity contribution >= 4 is 25.7 Å². The zero-order chi connectivity index (χ0) is 30.0. The molecule has 5 rings (SSSR count). The van der Waals surface area contributed by atoms with Crippen molar-refractivity contribution in [1.82, 2.24) is 19.3 Å². The normalized spacial score (nSPS) is 21.6. The molecule has 3 aliphatic heterocycles. The second kappa shape index (κ2) is 12.6. The number of hydrogen-bond donors (Lipinski definition) is 3. The first-order chi connectivity index (χ1) is 20.0. The Morgan fingerprint density at radius 3 is 2.69 bits per heavy atom. The Bertz CT molecular complexity index is 1460. The molecule has 1 unspecified atom stereocenters. The molecule has 0 amide bonds. The zero-order valence-electron chi connectivity index (χ0n) is 23.9. The maximum Gasteiger partial charge on any atom is 0.244 e. The Kier molecular flexibility index (Phi) is 9.27. The Balaban J connectivity index is 1.10. The van der Waals surface area contributed by atoms with E-state index in [4.69, 9.17) is 14.2 Å². The molecule has 0 saturated carbocycles. The first-order valence-electron chi connectivity index (χ1n) is 14.1. The molecular weight excluding hydrogens is 586 g/mol. The predicted molar refractivity (Wildman–Crippen MR) is 155 cm³/mol. The molecule has 0 bridgehead atoms. The number of benzene rings is 1. The fraction of sp³-hybridized carbons (Fsp3) is 0.593. The average molecular weight is 626 g/mol. The van der Waals surface area contributed by atoms with Crippen molar-refractivity contribution in [2.45, 2.75) is 53.7 Å². The highest BCUT2D eigenvalue weighted by molar-refractivity contribution is 7.89. The number of sulfonamides is 2. The highest BCUT2D eigenvalue weighted by Gasteiger charge is 2.45. The number of fused-ring (bicyclic) bond motifs is 1. The largest absolute Gasteiger partial charge is 0.491 e. The second-order valence-electron chi connectivity index (χ2n) is 10.8. The van der Waals surface area contributed by atoms with Gasteiger partial charge in [0.25, 0.3) is 0 Å². The van der Waals surface area contributed by atoms with Crippen LogP contribution in [0.15, 0.2) is 46.3 Å². The van der Waals surface area contributed by atoms with Crippen LogP contribution in [0.25, 0.3) is 0 Å². The predicted octanol–water partition coefficient (Wildman–Crippen LogP) is 0.550. The van der Waals surface area contributed by atoms with E-state index in [-0.39, 0.29) is 29.0 Å². The highest BCUT2D eigenvalue weighted by atomic mass is 32.2. The first-order valence-corrected chi connectivity index (χ1v) is 17.1. The summed E-state index contributed by atoms with van der Waals surface area (Å²) < 4.78 is 72.1. The molecule has 1 aromatic carbocycles. The summed E-state index contributed by atoms with van der Waals surface area (Å²) in [5, 5.41) is 13.8. The highest BCUT2D eigenvalue weighted by Crippen LogP contribution is 2.38. The molecule has 232 valence electrons. The first kappa shape index (κ1) is 30.9. The number of nitrogens with one attached hydrogen (secondary N) is 2. The molecule has 13 nitrogen and oxygen atoms in total. The number of aliphatic hydroxyl groups excluding tert-OH is 1. The molecule has 1 aromatic heterocycles. The number of ether oxygens (including phenoxy) is 3. The maximum absolute atomic E-state index is 13.5. The SMILES string of the molecule is CCN1CCOc2ncc(S(=O)(=O)N3CCC4(CC3)CC(NC[C@H](O)COc3cccc(S(=O)(=O)NC)c3)CO4)cc21. The summed E-state index contributed by atoms with van der Waals surface area (Å²) in [7, 11) is -5.97. The summed E-state index contributed by atoms with van der Waals surface area (Å²) in [5.74, 6) is 0.806. The molecular formula is C27H39N5O8S2. The number of likely N-dealkylation sites (N-methyl/N-ethyl adjacent to an activating group) is 1. The van der Waals surface area contributed by atoms with Gasteiger partial charge < -0.3 is 29.5 Å². The Hall–Kier alpha value is -2.53. The van der Waals surface area contributed by atoms with E-state index in [2.05, 4.69) is 19.9 Å². The van der Waals surface area contributed by atoms with Crippen molar-refractivity contribution in [3.63, 3.8) is 0 Å². The second-order valence-corrected chi connectivity index (χ2v) is 14.6. The molecule has 2 atom stereocenters. The number of rotatable bonds is 11. The van der Waals surface area contributed by atoms with Gasteiger partial charge in [0.05, 0.1) is 29.8 Å². The summed E-state index contributed by atoms with van der Waals surface area (Å²) in [6.07, 6.45) is 2.41. The number of hydrogen-bond acceptors (Lipinski definition) is 11. The van der Waals surface area contributed by atoms with Gasteiger partial charge in [-0.25, -0.2) is 26.5 Å². The molecule has 3 N–H and O–H groups in total. The van der Waals surface area contributed by atoms with Gasteiger partial charge in [-0.2, -0.15) is 4.31 Å². The van der Waals surface area contributed by atoms with E-state index in [1.807, 2.05) is 6.92 Å². The van der Waals surface area contributed by atoms with Crippen LogP contribution in [0.4, 0.5) is 5.69 Å². The van der Waals surface area contributed by atoms with Crippen LogP contribution < -0.4 is 24.4 Å². The van der Waals surface area contributed by atoms with Crippen molar-refractivity contribution < 1.29 is 36.2 Å². The standard InChI is InChI=1S/C27H39N5O8S2/c1-3-31-11-12-38-26-25(31)14-24(17-30-26)42(36,37)32-9-7-27(8-10-32)15-20(18-40-27)29-16-21(33)19-39-22-5-4-6-23(13-22)41(34,35)28-2/h4-6,13-14,17,20-21,28-29,33H,3,7-12,15-16,18-19H2,1-2H3/t20?,21-/m0/s1. The van der Waals surface area contributed by atoms with Crippen molar-refractivity contribution in [2.24, 2.45) is 0 Å². The third-order valence-electron chi connectivity index (χ3n) is 8.08. The van der Waals surface area contributed by atoms with Crippen LogP contribution in [0.1, 0.15) is 26.2 Å². The number of aliphatic hydroxyl groups is 1. The molecule has 4 heterocycles. The topological polar surface area (TPSA) is 160 Å². The molecule has 0 aliphatic carbocycles. The van der Waals surface area contributed by atoms with E-state index in [1.165, 1.54) is 29.7 Å². The number of pyridine rings is 1. The van der Waals surface area contributed by atoms with Gasteiger partial charge in [0.1, 0.15) is 35.7 Å². The molecule has 2 fully saturated rings. The van der Waals surface area contributed by atoms with Gasteiger partial charge in [0.2, 0.25) is 25.9 Å². The monoisotopic (exact) mass is 625 g/mol. The Morgan fingerprint density at radius 1 is 1.17 bits per heavy atom. The third-order valence-corrected chi connectivity index (χ3v) is 11.4. The lowest BCUT2D eigenvalue weighted by atomic mass is 9.88. The van der Waals surface area contributed by atoms with E-state index in [9.17, 15) is 21.9 Å². The molecule has 1 spiro atoms. The maximum atomic E-state index is 13.5. The van der Waals surface area contributed by atoms with Crippen LogP contribution in [-0.2, 0) is 24.8 Å². The lowest BCUT2D eigenvalue weighted by Gasteiger charge is -2.38. The minimum atomic E-state index is -3.72. The third kappa shape index (κ3) is 6.67. The van der Waals surface area contributed by atoms with Crippen LogP contribution in [0.2, 0.25) is 0 Å². The number of nitrogens with zero attached hydrogens (tertiary/aromatic N) is 3. The van der Waals surface area contributed by atoms with Crippen molar-refractivity contribution in [2.75, 3.05) is 64.5 Å². The minimum absolute atomic E-state index is 0.0109. The van der Waals surface area contributed by atoms with Crippen LogP contribution in [0, 0.1) is 0 Å². The average Bonchev–Trinajstić information content (AvgIpc) is 3.40. The van der Waals surface area contributed by atoms with E-state index in [1.54, 1.807) is 18.2 Å². The molecule has 0 radical (unpaired) electrons. The summed E-state index contributed by atoms with van der Waals surface area (Å²) in [4.78, 5) is 6.60. The van der Waals surface area contributed by atoms with Crippen molar-refractivity contribution in [3.05, 3.63) is 36.5 Å². The van der Waals surface area contributed by atoms with Crippen molar-refractivity contribution in [1.29, 1.82) is 0 Å². The number of piperidine rings is 1. The van der Waals surface area contributed by atoms with E-state index >= 15 is 0 Å². The number of aromatic nitrogens is 1. The summed E-state index contributed by atoms with van der Waals surface area (Å²) in [6, 6.07) is 7.75. The molecule has 15 heteroatoms. The van der Waals surface area contributed by atoms with E-state index in [0.29, 0.717) is 69.4 Å². The summed E-state index contributed by atoms with van der Waals surface area (Å²) >= 11 is 0. The molecule has 3 aliphatic rings. The van der Waals surface area contributed by atoms with Gasteiger partial charge in [-0.1, -0.05) is 6.07 Å². The Morgan fingerprint density at radius 2 is 1.95 bits per heavy atom. The number of anilines is 1. The molecule has 2 aromatic rings. The Labute approximate surface area is 247 Å². The van der Waals surface area contributed by atoms with Crippen LogP contribution in [0.3, 0.4) is 0 Å². The quantitative estimate of drug-likeness (QED) is 0.320. The van der Waals surface area contributed by atoms with Gasteiger partial charge in [-0.3, -0.25) is 0 Å². The van der Waals surface area contributed by atoms with Crippen LogP contribution in [-0.4, -0.2) is 109 Å². The minimum Gasteiger partial charge on any atom is -0.491 e. The smallest absolute Gasteiger partial charge is 0.244 e. The van der Waals surface area contributed by atoms with Gasteiger partial charge >= 0.3 is 0 Å². The van der Waals surface area contributed by atoms with Gasteiger partial charge in [0.15, 0.2) is 0 Å². The summed E-state index contributed by atoms with van der Waals surface area (Å²) in [5.41, 5.74) is 0.292.